The standard InChI is InChI=1S/C31H33N3O6S/c1-38-26-11-8-20-14-27(26)39-17-29(35)32-15-19-6-9-21(10-7-19)40-25-12-13-34(16-24(25)33-30(20)36)31(37)23-18-41-28-5-3-2-4-22(23)28/h6-11,14,18,24-25H,2-5,12-13,15-17H2,1H3,(H,32,35)(H,33,36)/t24-,25+/m0/s1. The van der Waals surface area contributed by atoms with Gasteiger partial charge in [0.25, 0.3) is 17.7 Å². The van der Waals surface area contributed by atoms with Crippen molar-refractivity contribution in [1.29, 1.82) is 0 Å². The second kappa shape index (κ2) is 11.8. The summed E-state index contributed by atoms with van der Waals surface area (Å²) in [6.07, 6.45) is 4.49. The number of piperidine rings is 1. The molecule has 4 aliphatic rings. The van der Waals surface area contributed by atoms with Gasteiger partial charge < -0.3 is 29.7 Å². The van der Waals surface area contributed by atoms with Gasteiger partial charge in [0, 0.05) is 41.9 Å². The van der Waals surface area contributed by atoms with Crippen molar-refractivity contribution >= 4 is 29.1 Å². The molecule has 3 aromatic rings. The van der Waals surface area contributed by atoms with Crippen molar-refractivity contribution in [3.05, 3.63) is 75.0 Å². The van der Waals surface area contributed by atoms with Crippen LogP contribution in [0, 0.1) is 0 Å². The number of amides is 3. The highest BCUT2D eigenvalue weighted by Crippen LogP contribution is 2.32. The quantitative estimate of drug-likeness (QED) is 0.483. The monoisotopic (exact) mass is 575 g/mol. The number of rotatable bonds is 2. The fourth-order valence-electron chi connectivity index (χ4n) is 5.68. The molecular weight excluding hydrogens is 542 g/mol. The third kappa shape index (κ3) is 5.88. The van der Waals surface area contributed by atoms with E-state index in [0.29, 0.717) is 48.9 Å². The Hall–Kier alpha value is -4.05. The van der Waals surface area contributed by atoms with E-state index in [-0.39, 0.29) is 30.4 Å². The summed E-state index contributed by atoms with van der Waals surface area (Å²) in [4.78, 5) is 42.8. The number of aryl methyl sites for hydroxylation is 1. The average molecular weight is 576 g/mol. The summed E-state index contributed by atoms with van der Waals surface area (Å²) in [7, 11) is 1.50. The van der Waals surface area contributed by atoms with E-state index in [1.54, 1.807) is 29.5 Å². The van der Waals surface area contributed by atoms with Crippen LogP contribution >= 0.6 is 11.3 Å². The van der Waals surface area contributed by atoms with Crippen molar-refractivity contribution in [3.8, 4) is 17.2 Å². The zero-order chi connectivity index (χ0) is 28.3. The smallest absolute Gasteiger partial charge is 0.258 e. The molecule has 2 N–H and O–H groups in total. The lowest BCUT2D eigenvalue weighted by atomic mass is 9.94. The molecule has 9 nitrogen and oxygen atoms in total. The summed E-state index contributed by atoms with van der Waals surface area (Å²) >= 11 is 1.68. The fraction of sp³-hybridized carbons (Fsp3) is 0.387. The Labute approximate surface area is 242 Å². The molecule has 7 rings (SSSR count). The largest absolute Gasteiger partial charge is 0.493 e. The first kappa shape index (κ1) is 27.1. The van der Waals surface area contributed by atoms with E-state index in [4.69, 9.17) is 14.2 Å². The Morgan fingerprint density at radius 3 is 2.76 bits per heavy atom. The molecule has 214 valence electrons. The first-order valence-electron chi connectivity index (χ1n) is 14.0. The van der Waals surface area contributed by atoms with Gasteiger partial charge in [-0.2, -0.15) is 0 Å². The van der Waals surface area contributed by atoms with E-state index in [9.17, 15) is 14.4 Å². The van der Waals surface area contributed by atoms with Crippen LogP contribution < -0.4 is 24.8 Å². The van der Waals surface area contributed by atoms with Crippen LogP contribution in [0.4, 0.5) is 0 Å². The summed E-state index contributed by atoms with van der Waals surface area (Å²) < 4.78 is 17.5. The summed E-state index contributed by atoms with van der Waals surface area (Å²) in [5.41, 5.74) is 3.26. The molecule has 1 aliphatic carbocycles. The molecule has 0 saturated carbocycles. The predicted molar refractivity (Wildman–Crippen MR) is 154 cm³/mol. The number of hydrogen-bond acceptors (Lipinski definition) is 7. The van der Waals surface area contributed by atoms with Gasteiger partial charge in [-0.25, -0.2) is 0 Å². The predicted octanol–water partition coefficient (Wildman–Crippen LogP) is 3.74. The molecule has 0 radical (unpaired) electrons. The van der Waals surface area contributed by atoms with Crippen molar-refractivity contribution in [2.45, 2.75) is 50.8 Å². The van der Waals surface area contributed by atoms with Gasteiger partial charge in [-0.15, -0.1) is 11.3 Å². The molecule has 4 bridgehead atoms. The van der Waals surface area contributed by atoms with Crippen LogP contribution in [-0.4, -0.2) is 61.6 Å². The highest BCUT2D eigenvalue weighted by atomic mass is 32.1. The average Bonchev–Trinajstić information content (AvgIpc) is 3.44. The van der Waals surface area contributed by atoms with Crippen molar-refractivity contribution < 1.29 is 28.6 Å². The van der Waals surface area contributed by atoms with Crippen LogP contribution in [0.3, 0.4) is 0 Å². The van der Waals surface area contributed by atoms with E-state index < -0.39 is 6.04 Å². The molecule has 1 aromatic heterocycles. The van der Waals surface area contributed by atoms with E-state index in [2.05, 4.69) is 10.6 Å². The number of thiophene rings is 1. The number of nitrogens with one attached hydrogen (secondary N) is 2. The molecule has 0 spiro atoms. The van der Waals surface area contributed by atoms with E-state index in [1.807, 2.05) is 34.5 Å². The molecule has 2 aromatic carbocycles. The van der Waals surface area contributed by atoms with Crippen LogP contribution in [0.5, 0.6) is 17.2 Å². The van der Waals surface area contributed by atoms with Crippen molar-refractivity contribution in [2.24, 2.45) is 0 Å². The SMILES string of the molecule is COc1ccc2cc1OCC(=O)NCc1ccc(cc1)O[C@@H]1CCN(C(=O)c3csc4c3CCCC4)C[C@@H]1NC2=O. The van der Waals surface area contributed by atoms with Gasteiger partial charge in [-0.05, 0) is 67.1 Å². The van der Waals surface area contributed by atoms with Gasteiger partial charge in [0.2, 0.25) is 0 Å². The van der Waals surface area contributed by atoms with Crippen LogP contribution in [-0.2, 0) is 24.2 Å². The second-order valence-corrected chi connectivity index (χ2v) is 11.6. The zero-order valence-electron chi connectivity index (χ0n) is 22.9. The number of methoxy groups -OCH3 is 1. The first-order valence-corrected chi connectivity index (χ1v) is 14.9. The van der Waals surface area contributed by atoms with Crippen molar-refractivity contribution in [3.63, 3.8) is 0 Å². The number of benzene rings is 2. The van der Waals surface area contributed by atoms with E-state index in [1.165, 1.54) is 24.0 Å². The highest BCUT2D eigenvalue weighted by Gasteiger charge is 2.36. The van der Waals surface area contributed by atoms with Crippen LogP contribution in [0.15, 0.2) is 47.8 Å². The Morgan fingerprint density at radius 2 is 1.93 bits per heavy atom. The van der Waals surface area contributed by atoms with E-state index >= 15 is 0 Å². The number of carbonyl (C=O) groups excluding carboxylic acids is 3. The van der Waals surface area contributed by atoms with Crippen LogP contribution in [0.25, 0.3) is 0 Å². The number of nitrogens with zero attached hydrogens (tertiary/aromatic N) is 1. The molecule has 0 unspecified atom stereocenters. The van der Waals surface area contributed by atoms with Crippen molar-refractivity contribution in [1.82, 2.24) is 15.5 Å². The van der Waals surface area contributed by atoms with Gasteiger partial charge in [-0.3, -0.25) is 14.4 Å². The molecule has 1 saturated heterocycles. The molecule has 1 fully saturated rings. The maximum atomic E-state index is 13.7. The molecule has 41 heavy (non-hydrogen) atoms. The lowest BCUT2D eigenvalue weighted by Gasteiger charge is -2.39. The Morgan fingerprint density at radius 1 is 1.10 bits per heavy atom. The minimum absolute atomic E-state index is 0.0159. The number of carbonyl (C=O) groups is 3. The lowest BCUT2D eigenvalue weighted by molar-refractivity contribution is -0.123. The summed E-state index contributed by atoms with van der Waals surface area (Å²) in [6.45, 7) is 0.979. The maximum absolute atomic E-state index is 13.7. The number of ether oxygens (including phenoxy) is 3. The third-order valence-electron chi connectivity index (χ3n) is 7.93. The molecular formula is C31H33N3O6S. The molecule has 2 atom stereocenters. The summed E-state index contributed by atoms with van der Waals surface area (Å²) in [5, 5.41) is 7.96. The third-order valence-corrected chi connectivity index (χ3v) is 9.02. The molecule has 4 heterocycles. The van der Waals surface area contributed by atoms with Gasteiger partial charge in [0.15, 0.2) is 18.1 Å². The number of likely N-dealkylation sites (tertiary alicyclic amines) is 1. The van der Waals surface area contributed by atoms with Gasteiger partial charge in [0.1, 0.15) is 11.9 Å². The Kier molecular flexibility index (Phi) is 7.82. The minimum Gasteiger partial charge on any atom is -0.493 e. The Bertz CT molecular complexity index is 1450. The van der Waals surface area contributed by atoms with Crippen LogP contribution in [0.1, 0.15) is 56.0 Å². The van der Waals surface area contributed by atoms with Gasteiger partial charge >= 0.3 is 0 Å². The Balaban J connectivity index is 1.29. The fourth-order valence-corrected chi connectivity index (χ4v) is 6.80. The summed E-state index contributed by atoms with van der Waals surface area (Å²) in [5.74, 6) is 0.755. The van der Waals surface area contributed by atoms with Crippen molar-refractivity contribution in [2.75, 3.05) is 26.8 Å². The minimum atomic E-state index is -0.445. The highest BCUT2D eigenvalue weighted by molar-refractivity contribution is 7.10. The second-order valence-electron chi connectivity index (χ2n) is 10.6. The van der Waals surface area contributed by atoms with Gasteiger partial charge in [-0.1, -0.05) is 12.1 Å². The topological polar surface area (TPSA) is 106 Å². The lowest BCUT2D eigenvalue weighted by Crippen LogP contribution is -2.58. The first-order chi connectivity index (χ1) is 20.0. The molecule has 10 heteroatoms. The number of fused-ring (bicyclic) bond motifs is 8. The number of hydrogen-bond donors (Lipinski definition) is 2. The maximum Gasteiger partial charge on any atom is 0.258 e. The molecule has 3 aliphatic heterocycles. The van der Waals surface area contributed by atoms with Gasteiger partial charge in [0.05, 0.1) is 18.7 Å². The van der Waals surface area contributed by atoms with E-state index in [0.717, 1.165) is 30.4 Å². The van der Waals surface area contributed by atoms with Crippen LogP contribution in [0.2, 0.25) is 0 Å². The zero-order valence-corrected chi connectivity index (χ0v) is 23.8. The summed E-state index contributed by atoms with van der Waals surface area (Å²) in [6, 6.07) is 11.9. The normalized spacial score (nSPS) is 20.9. The molecule has 3 amide bonds.